The van der Waals surface area contributed by atoms with Gasteiger partial charge in [0.15, 0.2) is 17.5 Å². The van der Waals surface area contributed by atoms with Crippen LogP contribution in [0.25, 0.3) is 0 Å². The average Bonchev–Trinajstić information content (AvgIpc) is 3.22. The second-order valence-corrected chi connectivity index (χ2v) is 6.47. The van der Waals surface area contributed by atoms with Crippen LogP contribution in [0.15, 0.2) is 23.2 Å². The maximum Gasteiger partial charge on any atom is 0.387 e. The summed E-state index contributed by atoms with van der Waals surface area (Å²) in [6, 6.07) is 5.05. The van der Waals surface area contributed by atoms with Gasteiger partial charge in [0.05, 0.1) is 19.3 Å². The maximum atomic E-state index is 12.8. The van der Waals surface area contributed by atoms with Gasteiger partial charge in [-0.05, 0) is 32.3 Å². The van der Waals surface area contributed by atoms with Gasteiger partial charge in [-0.15, -0.1) is 24.0 Å². The topological polar surface area (TPSA) is 73.3 Å². The molecule has 0 bridgehead atoms. The Bertz CT molecular complexity index is 632. The molecule has 1 aromatic rings. The third-order valence-corrected chi connectivity index (χ3v) is 4.32. The Labute approximate surface area is 193 Å². The van der Waals surface area contributed by atoms with Crippen molar-refractivity contribution in [1.29, 1.82) is 0 Å². The first-order valence-electron chi connectivity index (χ1n) is 9.97. The van der Waals surface area contributed by atoms with Gasteiger partial charge in [0, 0.05) is 38.9 Å². The summed E-state index contributed by atoms with van der Waals surface area (Å²) in [7, 11) is 1.65. The lowest BCUT2D eigenvalue weighted by atomic mass is 10.2. The fourth-order valence-electron chi connectivity index (χ4n) is 2.96. The number of guanidine groups is 1. The molecule has 1 heterocycles. The zero-order valence-electron chi connectivity index (χ0n) is 17.5. The number of alkyl halides is 2. The molecule has 1 aliphatic heterocycles. The fraction of sp³-hybridized carbons (Fsp3) is 0.650. The van der Waals surface area contributed by atoms with Crippen LogP contribution in [0.3, 0.4) is 0 Å². The Morgan fingerprint density at radius 1 is 1.33 bits per heavy atom. The van der Waals surface area contributed by atoms with Crippen molar-refractivity contribution in [2.75, 3.05) is 40.0 Å². The molecular weight excluding hydrogens is 511 g/mol. The van der Waals surface area contributed by atoms with Crippen molar-refractivity contribution in [2.45, 2.75) is 45.4 Å². The number of nitrogens with zero attached hydrogens (tertiary/aromatic N) is 1. The molecule has 10 heteroatoms. The molecule has 0 radical (unpaired) electrons. The number of hydrogen-bond donors (Lipinski definition) is 2. The summed E-state index contributed by atoms with van der Waals surface area (Å²) in [5.74, 6) is 0.891. The lowest BCUT2D eigenvalue weighted by molar-refractivity contribution is -0.0520. The summed E-state index contributed by atoms with van der Waals surface area (Å²) < 4.78 is 46.8. The third kappa shape index (κ3) is 9.61. The average molecular weight is 543 g/mol. The van der Waals surface area contributed by atoms with Gasteiger partial charge in [-0.2, -0.15) is 8.78 Å². The van der Waals surface area contributed by atoms with Crippen molar-refractivity contribution in [1.82, 2.24) is 10.6 Å². The van der Waals surface area contributed by atoms with Gasteiger partial charge in [0.25, 0.3) is 0 Å². The van der Waals surface area contributed by atoms with E-state index in [9.17, 15) is 8.78 Å². The van der Waals surface area contributed by atoms with Crippen molar-refractivity contribution < 1.29 is 27.7 Å². The number of benzene rings is 1. The molecule has 172 valence electrons. The molecule has 2 rings (SSSR count). The number of hydrogen-bond acceptors (Lipinski definition) is 5. The third-order valence-electron chi connectivity index (χ3n) is 4.32. The lowest BCUT2D eigenvalue weighted by Gasteiger charge is -2.17. The van der Waals surface area contributed by atoms with E-state index >= 15 is 0 Å². The Hall–Kier alpha value is -1.40. The molecular formula is C20H32F2IN3O4. The quantitative estimate of drug-likeness (QED) is 0.182. The zero-order chi connectivity index (χ0) is 20.9. The fourth-order valence-corrected chi connectivity index (χ4v) is 2.96. The Balaban J connectivity index is 0.00000450. The van der Waals surface area contributed by atoms with Gasteiger partial charge in [-0.3, -0.25) is 4.99 Å². The molecule has 0 saturated carbocycles. The van der Waals surface area contributed by atoms with E-state index in [4.69, 9.17) is 14.2 Å². The Morgan fingerprint density at radius 3 is 2.83 bits per heavy atom. The van der Waals surface area contributed by atoms with E-state index in [1.165, 1.54) is 0 Å². The first kappa shape index (κ1) is 26.6. The van der Waals surface area contributed by atoms with Gasteiger partial charge in [0.1, 0.15) is 0 Å². The van der Waals surface area contributed by atoms with Gasteiger partial charge in [-0.1, -0.05) is 12.1 Å². The molecule has 1 aromatic carbocycles. The number of ether oxygens (including phenoxy) is 4. The Kier molecular flexibility index (Phi) is 13.7. The van der Waals surface area contributed by atoms with Crippen LogP contribution in [0, 0.1) is 0 Å². The normalized spacial score (nSPS) is 16.3. The first-order valence-corrected chi connectivity index (χ1v) is 9.97. The molecule has 1 fully saturated rings. The molecule has 0 aromatic heterocycles. The van der Waals surface area contributed by atoms with Crippen molar-refractivity contribution in [3.05, 3.63) is 23.8 Å². The molecule has 1 saturated heterocycles. The Morgan fingerprint density at radius 2 is 2.17 bits per heavy atom. The molecule has 0 spiro atoms. The van der Waals surface area contributed by atoms with Crippen molar-refractivity contribution in [3.63, 3.8) is 0 Å². The van der Waals surface area contributed by atoms with Crippen LogP contribution < -0.4 is 20.1 Å². The largest absolute Gasteiger partial charge is 0.490 e. The molecule has 0 aliphatic carbocycles. The number of rotatable bonds is 12. The van der Waals surface area contributed by atoms with Crippen LogP contribution in [0.1, 0.15) is 31.7 Å². The molecule has 1 unspecified atom stereocenters. The van der Waals surface area contributed by atoms with Gasteiger partial charge >= 0.3 is 6.61 Å². The van der Waals surface area contributed by atoms with Gasteiger partial charge in [-0.25, -0.2) is 0 Å². The highest BCUT2D eigenvalue weighted by atomic mass is 127. The van der Waals surface area contributed by atoms with Gasteiger partial charge < -0.3 is 29.6 Å². The number of halogens is 3. The minimum atomic E-state index is -2.93. The highest BCUT2D eigenvalue weighted by Gasteiger charge is 2.16. The second-order valence-electron chi connectivity index (χ2n) is 6.47. The van der Waals surface area contributed by atoms with E-state index in [0.717, 1.165) is 25.9 Å². The van der Waals surface area contributed by atoms with E-state index in [2.05, 4.69) is 20.4 Å². The smallest absolute Gasteiger partial charge is 0.387 e. The summed E-state index contributed by atoms with van der Waals surface area (Å²) in [5.41, 5.74) is 0.555. The van der Waals surface area contributed by atoms with Crippen LogP contribution in [0.2, 0.25) is 0 Å². The highest BCUT2D eigenvalue weighted by Crippen LogP contribution is 2.32. The number of aliphatic imine (C=N–C) groups is 1. The zero-order valence-corrected chi connectivity index (χ0v) is 19.8. The SMILES string of the molecule is CCOc1cccc(CNC(=NC)NCCCOCC2CCCO2)c1OC(F)F.I. The highest BCUT2D eigenvalue weighted by molar-refractivity contribution is 14.0. The molecule has 2 N–H and O–H groups in total. The molecule has 0 amide bonds. The summed E-state index contributed by atoms with van der Waals surface area (Å²) in [6.07, 6.45) is 3.22. The van der Waals surface area contributed by atoms with Crippen LogP contribution in [-0.2, 0) is 16.0 Å². The van der Waals surface area contributed by atoms with E-state index in [1.807, 2.05) is 0 Å². The van der Waals surface area contributed by atoms with Crippen LogP contribution in [0.5, 0.6) is 11.5 Å². The minimum Gasteiger partial charge on any atom is -0.490 e. The van der Waals surface area contributed by atoms with Crippen molar-refractivity contribution in [3.8, 4) is 11.5 Å². The lowest BCUT2D eigenvalue weighted by Crippen LogP contribution is -2.37. The van der Waals surface area contributed by atoms with E-state index < -0.39 is 6.61 Å². The van der Waals surface area contributed by atoms with Gasteiger partial charge in [0.2, 0.25) is 0 Å². The predicted molar refractivity (Wildman–Crippen MR) is 122 cm³/mol. The maximum absolute atomic E-state index is 12.8. The standard InChI is InChI=1S/C20H31F2N3O4.HI/c1-3-27-17-9-4-7-15(18(17)29-19(21)22)13-25-20(23-2)24-10-6-11-26-14-16-8-5-12-28-16;/h4,7,9,16,19H,3,5-6,8,10-14H2,1-2H3,(H2,23,24,25);1H. The van der Waals surface area contributed by atoms with E-state index in [-0.39, 0.29) is 42.4 Å². The van der Waals surface area contributed by atoms with Crippen LogP contribution in [0.4, 0.5) is 8.78 Å². The molecule has 30 heavy (non-hydrogen) atoms. The van der Waals surface area contributed by atoms with Crippen LogP contribution >= 0.6 is 24.0 Å². The summed E-state index contributed by atoms with van der Waals surface area (Å²) in [5, 5.41) is 6.28. The van der Waals surface area contributed by atoms with E-state index in [0.29, 0.717) is 43.6 Å². The van der Waals surface area contributed by atoms with Crippen molar-refractivity contribution in [2.24, 2.45) is 4.99 Å². The van der Waals surface area contributed by atoms with E-state index in [1.54, 1.807) is 32.2 Å². The monoisotopic (exact) mass is 543 g/mol. The van der Waals surface area contributed by atoms with Crippen molar-refractivity contribution >= 4 is 29.9 Å². The number of nitrogens with one attached hydrogen (secondary N) is 2. The van der Waals surface area contributed by atoms with Crippen LogP contribution in [-0.4, -0.2) is 58.7 Å². The molecule has 7 nitrogen and oxygen atoms in total. The minimum absolute atomic E-state index is 0. The first-order chi connectivity index (χ1) is 14.1. The molecule has 1 aliphatic rings. The summed E-state index contributed by atoms with van der Waals surface area (Å²) in [4.78, 5) is 4.15. The number of para-hydroxylation sites is 1. The second kappa shape index (κ2) is 15.4. The summed E-state index contributed by atoms with van der Waals surface area (Å²) in [6.45, 7) is 2.24. The molecule has 1 atom stereocenters. The predicted octanol–water partition coefficient (Wildman–Crippen LogP) is 3.56. The summed E-state index contributed by atoms with van der Waals surface area (Å²) >= 11 is 0.